The molecule has 0 radical (unpaired) electrons. The van der Waals surface area contributed by atoms with Gasteiger partial charge in [-0.25, -0.2) is 4.39 Å². The van der Waals surface area contributed by atoms with Crippen LogP contribution in [0.5, 0.6) is 0 Å². The summed E-state index contributed by atoms with van der Waals surface area (Å²) in [4.78, 5) is 2.45. The number of nitrogens with zero attached hydrogens (tertiary/aromatic N) is 1. The molecule has 0 amide bonds. The van der Waals surface area contributed by atoms with Crippen LogP contribution in [-0.4, -0.2) is 17.5 Å². The monoisotopic (exact) mass is 222 g/mol. The Bertz CT molecular complexity index is 365. The highest BCUT2D eigenvalue weighted by atomic mass is 19.1. The number of hydrogen-bond donors (Lipinski definition) is 1. The zero-order valence-corrected chi connectivity index (χ0v) is 9.75. The molecule has 0 aliphatic carbocycles. The van der Waals surface area contributed by atoms with Gasteiger partial charge in [0.2, 0.25) is 0 Å². The number of likely N-dealkylation sites (tertiary alicyclic amines) is 1. The van der Waals surface area contributed by atoms with Crippen LogP contribution in [-0.2, 0) is 6.54 Å². The average Bonchev–Trinajstić information content (AvgIpc) is 2.69. The van der Waals surface area contributed by atoms with Crippen LogP contribution in [0.2, 0.25) is 0 Å². The van der Waals surface area contributed by atoms with Crippen molar-refractivity contribution in [3.05, 3.63) is 29.6 Å². The predicted octanol–water partition coefficient (Wildman–Crippen LogP) is 2.78. The van der Waals surface area contributed by atoms with E-state index in [0.29, 0.717) is 11.7 Å². The van der Waals surface area contributed by atoms with E-state index in [1.165, 1.54) is 31.4 Å². The Kier molecular flexibility index (Phi) is 3.44. The van der Waals surface area contributed by atoms with Crippen molar-refractivity contribution in [2.75, 3.05) is 12.3 Å². The summed E-state index contributed by atoms with van der Waals surface area (Å²) in [5.41, 5.74) is 7.43. The topological polar surface area (TPSA) is 29.3 Å². The lowest BCUT2D eigenvalue weighted by Gasteiger charge is -2.23. The first-order chi connectivity index (χ1) is 7.70. The molecule has 1 fully saturated rings. The van der Waals surface area contributed by atoms with Gasteiger partial charge in [-0.05, 0) is 43.5 Å². The second-order valence-corrected chi connectivity index (χ2v) is 4.52. The van der Waals surface area contributed by atoms with Crippen molar-refractivity contribution in [2.24, 2.45) is 0 Å². The van der Waals surface area contributed by atoms with E-state index in [0.717, 1.165) is 18.7 Å². The first-order valence-electron chi connectivity index (χ1n) is 5.98. The molecule has 16 heavy (non-hydrogen) atoms. The summed E-state index contributed by atoms with van der Waals surface area (Å²) in [6, 6.07) is 5.37. The summed E-state index contributed by atoms with van der Waals surface area (Å²) in [6.07, 6.45) is 3.72. The molecule has 2 nitrogen and oxygen atoms in total. The van der Waals surface area contributed by atoms with E-state index in [1.807, 2.05) is 0 Å². The molecule has 1 aliphatic heterocycles. The van der Waals surface area contributed by atoms with Crippen molar-refractivity contribution in [3.63, 3.8) is 0 Å². The fourth-order valence-corrected chi connectivity index (χ4v) is 2.49. The first-order valence-corrected chi connectivity index (χ1v) is 5.98. The molecular weight excluding hydrogens is 203 g/mol. The van der Waals surface area contributed by atoms with Gasteiger partial charge in [-0.3, -0.25) is 4.90 Å². The maximum Gasteiger partial charge on any atom is 0.125 e. The number of benzene rings is 1. The van der Waals surface area contributed by atoms with Gasteiger partial charge < -0.3 is 5.73 Å². The molecule has 1 heterocycles. The molecule has 1 unspecified atom stereocenters. The highest BCUT2D eigenvalue weighted by molar-refractivity contribution is 5.46. The number of hydrogen-bond acceptors (Lipinski definition) is 2. The van der Waals surface area contributed by atoms with Crippen LogP contribution in [0.3, 0.4) is 0 Å². The Labute approximate surface area is 96.2 Å². The van der Waals surface area contributed by atoms with Crippen LogP contribution >= 0.6 is 0 Å². The molecule has 2 rings (SSSR count). The van der Waals surface area contributed by atoms with Gasteiger partial charge in [0.15, 0.2) is 0 Å². The quantitative estimate of drug-likeness (QED) is 0.797. The van der Waals surface area contributed by atoms with Crippen molar-refractivity contribution in [2.45, 2.75) is 38.8 Å². The zero-order valence-electron chi connectivity index (χ0n) is 9.75. The minimum absolute atomic E-state index is 0.255. The molecular formula is C13H19FN2. The Morgan fingerprint density at radius 3 is 3.00 bits per heavy atom. The average molecular weight is 222 g/mol. The second-order valence-electron chi connectivity index (χ2n) is 4.52. The van der Waals surface area contributed by atoms with Crippen molar-refractivity contribution < 1.29 is 4.39 Å². The molecule has 0 saturated carbocycles. The van der Waals surface area contributed by atoms with Crippen molar-refractivity contribution in [1.82, 2.24) is 4.90 Å². The number of nitrogens with two attached hydrogens (primary N) is 1. The third kappa shape index (κ3) is 2.35. The maximum atomic E-state index is 12.9. The normalized spacial score (nSPS) is 21.5. The summed E-state index contributed by atoms with van der Waals surface area (Å²) >= 11 is 0. The predicted molar refractivity (Wildman–Crippen MR) is 64.5 cm³/mol. The fraction of sp³-hybridized carbons (Fsp3) is 0.538. The van der Waals surface area contributed by atoms with Crippen LogP contribution in [0.25, 0.3) is 0 Å². The molecule has 88 valence electrons. The Morgan fingerprint density at radius 2 is 2.31 bits per heavy atom. The summed E-state index contributed by atoms with van der Waals surface area (Å²) in [6.45, 7) is 4.21. The van der Waals surface area contributed by atoms with E-state index in [2.05, 4.69) is 11.8 Å². The molecule has 1 aliphatic rings. The molecule has 1 atom stereocenters. The second kappa shape index (κ2) is 4.83. The van der Waals surface area contributed by atoms with Crippen LogP contribution in [0.1, 0.15) is 31.7 Å². The van der Waals surface area contributed by atoms with Gasteiger partial charge in [0.05, 0.1) is 0 Å². The smallest absolute Gasteiger partial charge is 0.125 e. The van der Waals surface area contributed by atoms with Gasteiger partial charge in [0.25, 0.3) is 0 Å². The lowest BCUT2D eigenvalue weighted by atomic mass is 10.1. The van der Waals surface area contributed by atoms with Crippen molar-refractivity contribution in [3.8, 4) is 0 Å². The van der Waals surface area contributed by atoms with Crippen molar-refractivity contribution >= 4 is 5.69 Å². The fourth-order valence-electron chi connectivity index (χ4n) is 2.49. The van der Waals surface area contributed by atoms with E-state index in [1.54, 1.807) is 6.07 Å². The maximum absolute atomic E-state index is 12.9. The summed E-state index contributed by atoms with van der Waals surface area (Å²) < 4.78 is 12.9. The van der Waals surface area contributed by atoms with Gasteiger partial charge in [-0.15, -0.1) is 0 Å². The Morgan fingerprint density at radius 1 is 1.50 bits per heavy atom. The van der Waals surface area contributed by atoms with E-state index in [9.17, 15) is 4.39 Å². The lowest BCUT2D eigenvalue weighted by molar-refractivity contribution is 0.240. The number of nitrogen functional groups attached to an aromatic ring is 1. The SMILES string of the molecule is CCC1CCCN1Cc1ccc(F)cc1N. The summed E-state index contributed by atoms with van der Waals surface area (Å²) in [7, 11) is 0. The van der Waals surface area contributed by atoms with E-state index in [4.69, 9.17) is 5.73 Å². The standard InChI is InChI=1S/C13H19FN2/c1-2-12-4-3-7-16(12)9-10-5-6-11(14)8-13(10)15/h5-6,8,12H,2-4,7,9,15H2,1H3. The van der Waals surface area contributed by atoms with Gasteiger partial charge in [0, 0.05) is 18.3 Å². The highest BCUT2D eigenvalue weighted by Gasteiger charge is 2.23. The number of rotatable bonds is 3. The largest absolute Gasteiger partial charge is 0.398 e. The molecule has 2 N–H and O–H groups in total. The summed E-state index contributed by atoms with van der Waals surface area (Å²) in [5, 5.41) is 0. The van der Waals surface area contributed by atoms with Crippen LogP contribution < -0.4 is 5.73 Å². The van der Waals surface area contributed by atoms with E-state index in [-0.39, 0.29) is 5.82 Å². The zero-order chi connectivity index (χ0) is 11.5. The summed E-state index contributed by atoms with van der Waals surface area (Å²) in [5.74, 6) is -0.255. The van der Waals surface area contributed by atoms with Crippen LogP contribution in [0.4, 0.5) is 10.1 Å². The molecule has 0 bridgehead atoms. The minimum atomic E-state index is -0.255. The van der Waals surface area contributed by atoms with Gasteiger partial charge in [-0.2, -0.15) is 0 Å². The Hall–Kier alpha value is -1.09. The van der Waals surface area contributed by atoms with Crippen LogP contribution in [0, 0.1) is 5.82 Å². The molecule has 0 spiro atoms. The highest BCUT2D eigenvalue weighted by Crippen LogP contribution is 2.24. The molecule has 0 aromatic heterocycles. The molecule has 1 saturated heterocycles. The Balaban J connectivity index is 2.08. The minimum Gasteiger partial charge on any atom is -0.398 e. The number of halogens is 1. The molecule has 3 heteroatoms. The molecule has 1 aromatic carbocycles. The van der Waals surface area contributed by atoms with Crippen molar-refractivity contribution in [1.29, 1.82) is 0 Å². The molecule has 1 aromatic rings. The number of anilines is 1. The third-order valence-corrected chi connectivity index (χ3v) is 3.45. The third-order valence-electron chi connectivity index (χ3n) is 3.45. The van der Waals surface area contributed by atoms with Gasteiger partial charge in [-0.1, -0.05) is 13.0 Å². The first kappa shape index (κ1) is 11.4. The van der Waals surface area contributed by atoms with Crippen LogP contribution in [0.15, 0.2) is 18.2 Å². The lowest BCUT2D eigenvalue weighted by Crippen LogP contribution is -2.28. The van der Waals surface area contributed by atoms with Gasteiger partial charge >= 0.3 is 0 Å². The van der Waals surface area contributed by atoms with E-state index < -0.39 is 0 Å². The van der Waals surface area contributed by atoms with E-state index >= 15 is 0 Å². The van der Waals surface area contributed by atoms with Gasteiger partial charge in [0.1, 0.15) is 5.82 Å².